The molecule has 15 heavy (non-hydrogen) atoms. The number of hydrogen-bond donors (Lipinski definition) is 2. The van der Waals surface area contributed by atoms with Crippen LogP contribution < -0.4 is 5.32 Å². The molecular weight excluding hydrogens is 214 g/mol. The normalized spacial score (nSPS) is 12.6. The van der Waals surface area contributed by atoms with Gasteiger partial charge in [0.05, 0.1) is 15.9 Å². The summed E-state index contributed by atoms with van der Waals surface area (Å²) >= 11 is 1.44. The lowest BCUT2D eigenvalue weighted by atomic mass is 10.3. The molecule has 0 spiro atoms. The first kappa shape index (κ1) is 9.85. The Kier molecular flexibility index (Phi) is 2.51. The molecule has 0 aliphatic heterocycles. The Morgan fingerprint density at radius 2 is 2.40 bits per heavy atom. The van der Waals surface area contributed by atoms with Crippen LogP contribution in [0.3, 0.4) is 0 Å². The second kappa shape index (κ2) is 3.82. The van der Waals surface area contributed by atoms with E-state index in [4.69, 9.17) is 5.11 Å². The Hall–Kier alpha value is -1.69. The van der Waals surface area contributed by atoms with E-state index in [0.29, 0.717) is 5.65 Å². The van der Waals surface area contributed by atoms with Crippen LogP contribution in [0.25, 0.3) is 10.3 Å². The molecule has 2 rings (SSSR count). The third-order valence-electron chi connectivity index (χ3n) is 1.97. The minimum atomic E-state index is -0.885. The van der Waals surface area contributed by atoms with Crippen LogP contribution in [-0.2, 0) is 4.79 Å². The Morgan fingerprint density at radius 1 is 1.60 bits per heavy atom. The SMILES string of the molecule is CC(Nc1ccnc2ncsc12)C(=O)O. The van der Waals surface area contributed by atoms with Crippen molar-refractivity contribution in [2.45, 2.75) is 13.0 Å². The van der Waals surface area contributed by atoms with E-state index < -0.39 is 12.0 Å². The number of hydrogen-bond acceptors (Lipinski definition) is 5. The predicted molar refractivity (Wildman–Crippen MR) is 58.1 cm³/mol. The van der Waals surface area contributed by atoms with Crippen molar-refractivity contribution in [1.29, 1.82) is 0 Å². The summed E-state index contributed by atoms with van der Waals surface area (Å²) < 4.78 is 0.880. The molecule has 2 aromatic rings. The van der Waals surface area contributed by atoms with E-state index in [1.807, 2.05) is 0 Å². The molecule has 1 unspecified atom stereocenters. The molecule has 2 N–H and O–H groups in total. The molecule has 2 heterocycles. The number of pyridine rings is 1. The first-order chi connectivity index (χ1) is 7.18. The fourth-order valence-corrected chi connectivity index (χ4v) is 1.91. The lowest BCUT2D eigenvalue weighted by molar-refractivity contribution is -0.137. The highest BCUT2D eigenvalue weighted by Gasteiger charge is 2.12. The van der Waals surface area contributed by atoms with Gasteiger partial charge in [0.2, 0.25) is 0 Å². The number of fused-ring (bicyclic) bond motifs is 1. The molecular formula is C9H9N3O2S. The van der Waals surface area contributed by atoms with Gasteiger partial charge in [-0.3, -0.25) is 4.79 Å². The van der Waals surface area contributed by atoms with Crippen LogP contribution in [0.1, 0.15) is 6.92 Å². The Bertz CT molecular complexity index is 497. The summed E-state index contributed by atoms with van der Waals surface area (Å²) in [6.45, 7) is 1.59. The smallest absolute Gasteiger partial charge is 0.325 e. The van der Waals surface area contributed by atoms with Crippen molar-refractivity contribution >= 4 is 33.3 Å². The summed E-state index contributed by atoms with van der Waals surface area (Å²) in [5, 5.41) is 11.7. The van der Waals surface area contributed by atoms with Gasteiger partial charge in [-0.1, -0.05) is 0 Å². The van der Waals surface area contributed by atoms with Gasteiger partial charge in [-0.05, 0) is 13.0 Å². The van der Waals surface area contributed by atoms with Crippen LogP contribution in [0, 0.1) is 0 Å². The predicted octanol–water partition coefficient (Wildman–Crippen LogP) is 1.58. The number of thiazole rings is 1. The fourth-order valence-electron chi connectivity index (χ4n) is 1.18. The molecule has 0 aromatic carbocycles. The molecule has 0 saturated heterocycles. The molecule has 0 aliphatic rings. The largest absolute Gasteiger partial charge is 0.480 e. The topological polar surface area (TPSA) is 75.1 Å². The van der Waals surface area contributed by atoms with Crippen molar-refractivity contribution in [1.82, 2.24) is 9.97 Å². The lowest BCUT2D eigenvalue weighted by Gasteiger charge is -2.10. The Labute approximate surface area is 89.8 Å². The van der Waals surface area contributed by atoms with E-state index in [1.54, 1.807) is 24.7 Å². The maximum absolute atomic E-state index is 10.7. The van der Waals surface area contributed by atoms with E-state index in [1.165, 1.54) is 11.3 Å². The van der Waals surface area contributed by atoms with E-state index in [-0.39, 0.29) is 0 Å². The van der Waals surface area contributed by atoms with Crippen LogP contribution in [0.2, 0.25) is 0 Å². The summed E-state index contributed by atoms with van der Waals surface area (Å²) in [6.07, 6.45) is 1.61. The van der Waals surface area contributed by atoms with Crippen molar-refractivity contribution in [3.05, 3.63) is 17.8 Å². The number of nitrogens with zero attached hydrogens (tertiary/aromatic N) is 2. The van der Waals surface area contributed by atoms with Gasteiger partial charge < -0.3 is 10.4 Å². The molecule has 78 valence electrons. The average Bonchev–Trinajstić information content (AvgIpc) is 2.66. The number of rotatable bonds is 3. The van der Waals surface area contributed by atoms with Gasteiger partial charge in [0, 0.05) is 6.20 Å². The molecule has 6 heteroatoms. The summed E-state index contributed by atoms with van der Waals surface area (Å²) in [5.74, 6) is -0.885. The maximum Gasteiger partial charge on any atom is 0.325 e. The van der Waals surface area contributed by atoms with Gasteiger partial charge in [0.1, 0.15) is 6.04 Å². The van der Waals surface area contributed by atoms with Gasteiger partial charge in [0.25, 0.3) is 0 Å². The molecule has 1 atom stereocenters. The number of carbonyl (C=O) groups is 1. The maximum atomic E-state index is 10.7. The monoisotopic (exact) mass is 223 g/mol. The number of nitrogens with one attached hydrogen (secondary N) is 1. The van der Waals surface area contributed by atoms with Crippen LogP contribution in [0.5, 0.6) is 0 Å². The minimum absolute atomic E-state index is 0.627. The van der Waals surface area contributed by atoms with Gasteiger partial charge in [-0.15, -0.1) is 11.3 Å². The van der Waals surface area contributed by atoms with E-state index in [2.05, 4.69) is 15.3 Å². The summed E-state index contributed by atoms with van der Waals surface area (Å²) in [6, 6.07) is 1.12. The van der Waals surface area contributed by atoms with Gasteiger partial charge in [-0.25, -0.2) is 9.97 Å². The van der Waals surface area contributed by atoms with E-state index >= 15 is 0 Å². The number of carboxylic acid groups (broad SMARTS) is 1. The van der Waals surface area contributed by atoms with E-state index in [0.717, 1.165) is 10.4 Å². The highest BCUT2D eigenvalue weighted by Crippen LogP contribution is 2.25. The molecule has 2 aromatic heterocycles. The van der Waals surface area contributed by atoms with Crippen molar-refractivity contribution < 1.29 is 9.90 Å². The summed E-state index contributed by atoms with van der Waals surface area (Å²) in [5.41, 5.74) is 3.09. The zero-order chi connectivity index (χ0) is 10.8. The molecule has 0 fully saturated rings. The van der Waals surface area contributed by atoms with Crippen LogP contribution in [-0.4, -0.2) is 27.1 Å². The Morgan fingerprint density at radius 3 is 3.13 bits per heavy atom. The zero-order valence-corrected chi connectivity index (χ0v) is 8.78. The molecule has 0 aliphatic carbocycles. The zero-order valence-electron chi connectivity index (χ0n) is 7.97. The summed E-state index contributed by atoms with van der Waals surface area (Å²) in [7, 11) is 0. The molecule has 0 amide bonds. The number of anilines is 1. The quantitative estimate of drug-likeness (QED) is 0.826. The summed E-state index contributed by atoms with van der Waals surface area (Å²) in [4.78, 5) is 18.8. The van der Waals surface area contributed by atoms with Crippen molar-refractivity contribution in [2.24, 2.45) is 0 Å². The molecule has 0 radical (unpaired) electrons. The third-order valence-corrected chi connectivity index (χ3v) is 2.82. The molecule has 0 bridgehead atoms. The average molecular weight is 223 g/mol. The van der Waals surface area contributed by atoms with Crippen molar-refractivity contribution in [3.63, 3.8) is 0 Å². The van der Waals surface area contributed by atoms with Crippen LogP contribution in [0.15, 0.2) is 17.8 Å². The van der Waals surface area contributed by atoms with Gasteiger partial charge in [-0.2, -0.15) is 0 Å². The van der Waals surface area contributed by atoms with Crippen LogP contribution >= 0.6 is 11.3 Å². The fraction of sp³-hybridized carbons (Fsp3) is 0.222. The molecule has 5 nitrogen and oxygen atoms in total. The highest BCUT2D eigenvalue weighted by atomic mass is 32.1. The van der Waals surface area contributed by atoms with Crippen LogP contribution in [0.4, 0.5) is 5.69 Å². The van der Waals surface area contributed by atoms with Crippen molar-refractivity contribution in [3.8, 4) is 0 Å². The number of carboxylic acids is 1. The molecule has 0 saturated carbocycles. The van der Waals surface area contributed by atoms with Gasteiger partial charge >= 0.3 is 5.97 Å². The minimum Gasteiger partial charge on any atom is -0.480 e. The van der Waals surface area contributed by atoms with Gasteiger partial charge in [0.15, 0.2) is 5.65 Å². The second-order valence-corrected chi connectivity index (χ2v) is 3.92. The standard InChI is InChI=1S/C9H9N3O2S/c1-5(9(13)14)12-6-2-3-10-8-7(6)15-4-11-8/h2-5H,1H3,(H,10,12)(H,13,14). The van der Waals surface area contributed by atoms with E-state index in [9.17, 15) is 4.79 Å². The number of aromatic nitrogens is 2. The second-order valence-electron chi connectivity index (χ2n) is 3.07. The lowest BCUT2D eigenvalue weighted by Crippen LogP contribution is -2.25. The highest BCUT2D eigenvalue weighted by molar-refractivity contribution is 7.17. The number of aliphatic carboxylic acids is 1. The first-order valence-corrected chi connectivity index (χ1v) is 5.24. The Balaban J connectivity index is 2.35. The van der Waals surface area contributed by atoms with Crippen molar-refractivity contribution in [2.75, 3.05) is 5.32 Å². The third kappa shape index (κ3) is 1.89. The first-order valence-electron chi connectivity index (χ1n) is 4.36.